The number of carbonyl (C=O) groups is 1. The number of hydrogen-bond acceptors (Lipinski definition) is 5. The molecule has 1 unspecified atom stereocenters. The van der Waals surface area contributed by atoms with Gasteiger partial charge in [0.1, 0.15) is 17.2 Å². The molecule has 0 spiro atoms. The zero-order valence-corrected chi connectivity index (χ0v) is 14.6. The molecule has 6 heteroatoms. The zero-order valence-electron chi connectivity index (χ0n) is 13.8. The number of ether oxygens (including phenoxy) is 3. The first-order valence-electron chi connectivity index (χ1n) is 7.48. The maximum atomic E-state index is 12.9. The number of hydrogen-bond donors (Lipinski definition) is 1. The van der Waals surface area contributed by atoms with E-state index in [1.165, 1.54) is 14.2 Å². The fourth-order valence-corrected chi connectivity index (χ4v) is 2.53. The monoisotopic (exact) mass is 349 g/mol. The quantitative estimate of drug-likeness (QED) is 0.604. The highest BCUT2D eigenvalue weighted by Crippen LogP contribution is 2.33. The number of benzene rings is 2. The van der Waals surface area contributed by atoms with E-state index < -0.39 is 6.10 Å². The number of halogens is 1. The smallest absolute Gasteiger partial charge is 0.207 e. The number of Topliss-reactive ketones (excluding diaryl/α,β-unsaturated/α-hetero) is 1. The van der Waals surface area contributed by atoms with Gasteiger partial charge >= 0.3 is 0 Å². The normalized spacial score (nSPS) is 11.7. The van der Waals surface area contributed by atoms with Crippen molar-refractivity contribution in [1.82, 2.24) is 0 Å². The van der Waals surface area contributed by atoms with Crippen molar-refractivity contribution in [2.24, 2.45) is 0 Å². The Morgan fingerprint density at radius 3 is 2.46 bits per heavy atom. The maximum Gasteiger partial charge on any atom is 0.207 e. The molecule has 0 aliphatic carbocycles. The summed E-state index contributed by atoms with van der Waals surface area (Å²) in [6, 6.07) is 10.1. The van der Waals surface area contributed by atoms with Crippen molar-refractivity contribution >= 4 is 23.1 Å². The lowest BCUT2D eigenvalue weighted by molar-refractivity contribution is 0.0783. The molecule has 0 aromatic heterocycles. The molecule has 0 amide bonds. The van der Waals surface area contributed by atoms with Crippen LogP contribution in [0.2, 0.25) is 5.02 Å². The van der Waals surface area contributed by atoms with E-state index >= 15 is 0 Å². The highest BCUT2D eigenvalue weighted by atomic mass is 35.5. The Morgan fingerprint density at radius 1 is 1.17 bits per heavy atom. The van der Waals surface area contributed by atoms with Gasteiger partial charge in [-0.1, -0.05) is 24.6 Å². The van der Waals surface area contributed by atoms with Crippen LogP contribution in [0.25, 0.3) is 0 Å². The average Bonchev–Trinajstić information content (AvgIpc) is 2.58. The summed E-state index contributed by atoms with van der Waals surface area (Å²) in [6.45, 7) is 1.87. The number of nitrogen functional groups attached to an aromatic ring is 1. The summed E-state index contributed by atoms with van der Waals surface area (Å²) in [5.41, 5.74) is 6.67. The van der Waals surface area contributed by atoms with Crippen LogP contribution in [0.15, 0.2) is 36.4 Å². The van der Waals surface area contributed by atoms with Crippen LogP contribution in [0.1, 0.15) is 23.7 Å². The Hall–Kier alpha value is -2.40. The van der Waals surface area contributed by atoms with Gasteiger partial charge in [0, 0.05) is 17.8 Å². The second-order valence-electron chi connectivity index (χ2n) is 5.14. The predicted molar refractivity (Wildman–Crippen MR) is 94.4 cm³/mol. The van der Waals surface area contributed by atoms with Gasteiger partial charge in [-0.05, 0) is 24.6 Å². The first kappa shape index (κ1) is 17.9. The molecule has 0 aliphatic rings. The summed E-state index contributed by atoms with van der Waals surface area (Å²) in [6.07, 6.45) is -0.187. The van der Waals surface area contributed by atoms with Crippen LogP contribution < -0.4 is 19.9 Å². The molecule has 0 bridgehead atoms. The third-order valence-electron chi connectivity index (χ3n) is 3.54. The minimum atomic E-state index is -0.674. The second kappa shape index (κ2) is 7.93. The number of anilines is 1. The van der Waals surface area contributed by atoms with Crippen LogP contribution in [-0.2, 0) is 0 Å². The van der Waals surface area contributed by atoms with Crippen LogP contribution in [0, 0.1) is 0 Å². The molecule has 2 rings (SSSR count). The molecule has 0 heterocycles. The van der Waals surface area contributed by atoms with Gasteiger partial charge in [-0.2, -0.15) is 0 Å². The largest absolute Gasteiger partial charge is 0.496 e. The molecule has 0 fully saturated rings. The molecule has 0 saturated carbocycles. The Bertz CT molecular complexity index is 733. The fourth-order valence-electron chi connectivity index (χ4n) is 2.30. The van der Waals surface area contributed by atoms with E-state index in [2.05, 4.69) is 0 Å². The molecule has 1 atom stereocenters. The standard InChI is InChI=1S/C18H20ClNO4/c1-4-15(24-12-7-5-6-11(20)8-12)18(21)13-9-17(23-3)14(19)10-16(13)22-2/h5-10,15H,4,20H2,1-3H3. The molecule has 2 aromatic carbocycles. The van der Waals surface area contributed by atoms with Crippen LogP contribution in [0.5, 0.6) is 17.2 Å². The Balaban J connectivity index is 2.34. The van der Waals surface area contributed by atoms with E-state index in [0.29, 0.717) is 39.9 Å². The highest BCUT2D eigenvalue weighted by Gasteiger charge is 2.25. The van der Waals surface area contributed by atoms with Gasteiger partial charge in [-0.25, -0.2) is 0 Å². The molecular formula is C18H20ClNO4. The van der Waals surface area contributed by atoms with E-state index in [1.807, 2.05) is 6.92 Å². The van der Waals surface area contributed by atoms with Gasteiger partial charge in [0.05, 0.1) is 24.8 Å². The van der Waals surface area contributed by atoms with E-state index in [1.54, 1.807) is 36.4 Å². The van der Waals surface area contributed by atoms with Gasteiger partial charge in [-0.3, -0.25) is 4.79 Å². The summed E-state index contributed by atoms with van der Waals surface area (Å²) >= 11 is 6.08. The zero-order chi connectivity index (χ0) is 17.7. The molecule has 2 N–H and O–H groups in total. The summed E-state index contributed by atoms with van der Waals surface area (Å²) in [4.78, 5) is 12.9. The number of nitrogens with two attached hydrogens (primary N) is 1. The van der Waals surface area contributed by atoms with Gasteiger partial charge < -0.3 is 19.9 Å². The third-order valence-corrected chi connectivity index (χ3v) is 3.83. The van der Waals surface area contributed by atoms with Gasteiger partial charge in [0.25, 0.3) is 0 Å². The van der Waals surface area contributed by atoms with Crippen molar-refractivity contribution in [1.29, 1.82) is 0 Å². The molecule has 2 aromatic rings. The van der Waals surface area contributed by atoms with Crippen molar-refractivity contribution in [3.05, 3.63) is 47.0 Å². The SMILES string of the molecule is CCC(Oc1cccc(N)c1)C(=O)c1cc(OC)c(Cl)cc1OC. The number of ketones is 1. The lowest BCUT2D eigenvalue weighted by Gasteiger charge is -2.19. The number of methoxy groups -OCH3 is 2. The van der Waals surface area contributed by atoms with Crippen LogP contribution in [-0.4, -0.2) is 26.1 Å². The van der Waals surface area contributed by atoms with Crippen molar-refractivity contribution in [3.63, 3.8) is 0 Å². The lowest BCUT2D eigenvalue weighted by atomic mass is 10.0. The number of rotatable bonds is 7. The van der Waals surface area contributed by atoms with Crippen molar-refractivity contribution in [2.75, 3.05) is 20.0 Å². The highest BCUT2D eigenvalue weighted by molar-refractivity contribution is 6.32. The van der Waals surface area contributed by atoms with Crippen LogP contribution in [0.3, 0.4) is 0 Å². The summed E-state index contributed by atoms with van der Waals surface area (Å²) in [7, 11) is 2.97. The van der Waals surface area contributed by atoms with E-state index in [0.717, 1.165) is 0 Å². The topological polar surface area (TPSA) is 70.8 Å². The summed E-state index contributed by atoms with van der Waals surface area (Å²) in [5.74, 6) is 1.10. The Morgan fingerprint density at radius 2 is 1.88 bits per heavy atom. The molecule has 0 radical (unpaired) electrons. The second-order valence-corrected chi connectivity index (χ2v) is 5.55. The minimum absolute atomic E-state index is 0.216. The molecule has 128 valence electrons. The predicted octanol–water partition coefficient (Wildman–Crippen LogP) is 3.98. The van der Waals surface area contributed by atoms with Crippen LogP contribution in [0.4, 0.5) is 5.69 Å². The average molecular weight is 350 g/mol. The molecule has 0 saturated heterocycles. The van der Waals surface area contributed by atoms with Crippen molar-refractivity contribution < 1.29 is 19.0 Å². The molecule has 24 heavy (non-hydrogen) atoms. The first-order chi connectivity index (χ1) is 11.5. The van der Waals surface area contributed by atoms with E-state index in [9.17, 15) is 4.79 Å². The van der Waals surface area contributed by atoms with E-state index in [4.69, 9.17) is 31.5 Å². The maximum absolute atomic E-state index is 12.9. The van der Waals surface area contributed by atoms with Gasteiger partial charge in [-0.15, -0.1) is 0 Å². The molecular weight excluding hydrogens is 330 g/mol. The number of carbonyl (C=O) groups excluding carboxylic acids is 1. The first-order valence-corrected chi connectivity index (χ1v) is 7.85. The molecule has 5 nitrogen and oxygen atoms in total. The van der Waals surface area contributed by atoms with Crippen molar-refractivity contribution in [3.8, 4) is 17.2 Å². The molecule has 0 aliphatic heterocycles. The van der Waals surface area contributed by atoms with Crippen LogP contribution >= 0.6 is 11.6 Å². The van der Waals surface area contributed by atoms with Crippen molar-refractivity contribution in [2.45, 2.75) is 19.4 Å². The third kappa shape index (κ3) is 3.92. The minimum Gasteiger partial charge on any atom is -0.496 e. The summed E-state index contributed by atoms with van der Waals surface area (Å²) in [5, 5.41) is 0.371. The van der Waals surface area contributed by atoms with Gasteiger partial charge in [0.15, 0.2) is 6.10 Å². The summed E-state index contributed by atoms with van der Waals surface area (Å²) < 4.78 is 16.3. The van der Waals surface area contributed by atoms with E-state index in [-0.39, 0.29) is 5.78 Å². The van der Waals surface area contributed by atoms with Gasteiger partial charge in [0.2, 0.25) is 5.78 Å². The fraction of sp³-hybridized carbons (Fsp3) is 0.278. The lowest BCUT2D eigenvalue weighted by Crippen LogP contribution is -2.27. The Labute approximate surface area is 146 Å². The Kier molecular flexibility index (Phi) is 5.93.